The maximum absolute atomic E-state index is 5.62. The van der Waals surface area contributed by atoms with Crippen LogP contribution in [0.15, 0.2) is 18.2 Å². The molecular formula is C20H32N2O2. The number of ether oxygens (including phenoxy) is 2. The van der Waals surface area contributed by atoms with E-state index in [0.717, 1.165) is 29.9 Å². The number of nitrogens with one attached hydrogen (secondary N) is 1. The first-order valence-corrected chi connectivity index (χ1v) is 9.37. The maximum atomic E-state index is 5.62. The SMILES string of the molecule is COc1ccc(CN(CC2CCNCC2)C(C)C2CC2)c(OC)c1. The average Bonchev–Trinajstić information content (AvgIpc) is 3.46. The van der Waals surface area contributed by atoms with Gasteiger partial charge in [0.1, 0.15) is 11.5 Å². The molecule has 1 saturated heterocycles. The zero-order chi connectivity index (χ0) is 16.9. The number of hydrogen-bond acceptors (Lipinski definition) is 4. The van der Waals surface area contributed by atoms with Gasteiger partial charge in [-0.25, -0.2) is 0 Å². The minimum absolute atomic E-state index is 0.659. The molecule has 1 unspecified atom stereocenters. The minimum atomic E-state index is 0.659. The van der Waals surface area contributed by atoms with Crippen molar-refractivity contribution in [1.29, 1.82) is 0 Å². The highest BCUT2D eigenvalue weighted by molar-refractivity contribution is 5.40. The van der Waals surface area contributed by atoms with E-state index in [9.17, 15) is 0 Å². The van der Waals surface area contributed by atoms with Crippen molar-refractivity contribution in [3.05, 3.63) is 23.8 Å². The third-order valence-corrected chi connectivity index (χ3v) is 5.70. The first-order chi connectivity index (χ1) is 11.7. The van der Waals surface area contributed by atoms with Gasteiger partial charge in [0.05, 0.1) is 14.2 Å². The van der Waals surface area contributed by atoms with Gasteiger partial charge in [-0.3, -0.25) is 4.90 Å². The van der Waals surface area contributed by atoms with Gasteiger partial charge in [-0.15, -0.1) is 0 Å². The van der Waals surface area contributed by atoms with Gasteiger partial charge in [-0.2, -0.15) is 0 Å². The highest BCUT2D eigenvalue weighted by Crippen LogP contribution is 2.37. The Morgan fingerprint density at radius 2 is 1.88 bits per heavy atom. The number of nitrogens with zero attached hydrogens (tertiary/aromatic N) is 1. The van der Waals surface area contributed by atoms with Crippen molar-refractivity contribution in [3.8, 4) is 11.5 Å². The van der Waals surface area contributed by atoms with Crippen LogP contribution in [-0.2, 0) is 6.54 Å². The molecule has 3 rings (SSSR count). The van der Waals surface area contributed by atoms with E-state index >= 15 is 0 Å². The summed E-state index contributed by atoms with van der Waals surface area (Å²) in [7, 11) is 3.45. The fourth-order valence-electron chi connectivity index (χ4n) is 3.85. The van der Waals surface area contributed by atoms with E-state index in [2.05, 4.69) is 23.2 Å². The Hall–Kier alpha value is -1.26. The van der Waals surface area contributed by atoms with Crippen molar-refractivity contribution in [3.63, 3.8) is 0 Å². The topological polar surface area (TPSA) is 33.7 Å². The normalized spacial score (nSPS) is 20.2. The van der Waals surface area contributed by atoms with E-state index in [-0.39, 0.29) is 0 Å². The van der Waals surface area contributed by atoms with Crippen molar-refractivity contribution >= 4 is 0 Å². The molecule has 4 heteroatoms. The van der Waals surface area contributed by atoms with Crippen molar-refractivity contribution < 1.29 is 9.47 Å². The molecule has 0 amide bonds. The van der Waals surface area contributed by atoms with Crippen LogP contribution >= 0.6 is 0 Å². The van der Waals surface area contributed by atoms with Crippen LogP contribution in [0, 0.1) is 11.8 Å². The van der Waals surface area contributed by atoms with Crippen LogP contribution in [0.3, 0.4) is 0 Å². The van der Waals surface area contributed by atoms with E-state index in [0.29, 0.717) is 6.04 Å². The monoisotopic (exact) mass is 332 g/mol. The Kier molecular flexibility index (Phi) is 6.01. The van der Waals surface area contributed by atoms with Gasteiger partial charge in [0.2, 0.25) is 0 Å². The van der Waals surface area contributed by atoms with Gasteiger partial charge in [-0.05, 0) is 63.6 Å². The zero-order valence-electron chi connectivity index (χ0n) is 15.4. The molecule has 1 saturated carbocycles. The Morgan fingerprint density at radius 3 is 2.50 bits per heavy atom. The molecule has 24 heavy (non-hydrogen) atoms. The van der Waals surface area contributed by atoms with Gasteiger partial charge < -0.3 is 14.8 Å². The fraction of sp³-hybridized carbons (Fsp3) is 0.700. The molecule has 0 aromatic heterocycles. The summed E-state index contributed by atoms with van der Waals surface area (Å²) >= 11 is 0. The molecule has 1 aliphatic carbocycles. The Bertz CT molecular complexity index is 524. The van der Waals surface area contributed by atoms with Gasteiger partial charge in [-0.1, -0.05) is 6.07 Å². The van der Waals surface area contributed by atoms with E-state index in [1.165, 1.54) is 50.9 Å². The lowest BCUT2D eigenvalue weighted by molar-refractivity contribution is 0.137. The first-order valence-electron chi connectivity index (χ1n) is 9.37. The van der Waals surface area contributed by atoms with Crippen LogP contribution in [0.1, 0.15) is 38.2 Å². The summed E-state index contributed by atoms with van der Waals surface area (Å²) in [4.78, 5) is 2.69. The maximum Gasteiger partial charge on any atom is 0.127 e. The molecule has 0 bridgehead atoms. The van der Waals surface area contributed by atoms with Gasteiger partial charge in [0.15, 0.2) is 0 Å². The molecule has 1 atom stereocenters. The highest BCUT2D eigenvalue weighted by atomic mass is 16.5. The van der Waals surface area contributed by atoms with Crippen LogP contribution in [0.5, 0.6) is 11.5 Å². The largest absolute Gasteiger partial charge is 0.497 e. The summed E-state index contributed by atoms with van der Waals surface area (Å²) in [5.74, 6) is 3.50. The Labute approximate surface area is 146 Å². The first kappa shape index (κ1) is 17.6. The second-order valence-electron chi connectivity index (χ2n) is 7.38. The van der Waals surface area contributed by atoms with Gasteiger partial charge >= 0.3 is 0 Å². The number of benzene rings is 1. The molecule has 2 fully saturated rings. The van der Waals surface area contributed by atoms with Crippen molar-refractivity contribution in [1.82, 2.24) is 10.2 Å². The summed E-state index contributed by atoms with van der Waals surface area (Å²) in [6, 6.07) is 6.86. The lowest BCUT2D eigenvalue weighted by Gasteiger charge is -2.34. The molecule has 134 valence electrons. The second kappa shape index (κ2) is 8.21. The summed E-state index contributed by atoms with van der Waals surface area (Å²) in [5.41, 5.74) is 1.26. The van der Waals surface area contributed by atoms with Crippen LogP contribution < -0.4 is 14.8 Å². The molecule has 1 aromatic rings. The number of piperidine rings is 1. The van der Waals surface area contributed by atoms with Crippen LogP contribution in [-0.4, -0.2) is 44.8 Å². The Morgan fingerprint density at radius 1 is 1.12 bits per heavy atom. The van der Waals surface area contributed by atoms with E-state index < -0.39 is 0 Å². The number of rotatable bonds is 8. The van der Waals surface area contributed by atoms with E-state index in [1.54, 1.807) is 14.2 Å². The molecule has 1 aliphatic heterocycles. The Balaban J connectivity index is 1.72. The summed E-state index contributed by atoms with van der Waals surface area (Å²) < 4.78 is 11.0. The molecule has 4 nitrogen and oxygen atoms in total. The quantitative estimate of drug-likeness (QED) is 0.792. The van der Waals surface area contributed by atoms with Gasteiger partial charge in [0, 0.05) is 30.8 Å². The van der Waals surface area contributed by atoms with E-state index in [1.807, 2.05) is 12.1 Å². The van der Waals surface area contributed by atoms with Gasteiger partial charge in [0.25, 0.3) is 0 Å². The van der Waals surface area contributed by atoms with Crippen molar-refractivity contribution in [2.45, 2.75) is 45.2 Å². The lowest BCUT2D eigenvalue weighted by atomic mass is 9.96. The molecule has 0 spiro atoms. The number of methoxy groups -OCH3 is 2. The predicted molar refractivity (Wildman–Crippen MR) is 97.7 cm³/mol. The van der Waals surface area contributed by atoms with Crippen molar-refractivity contribution in [2.75, 3.05) is 33.9 Å². The smallest absolute Gasteiger partial charge is 0.127 e. The summed E-state index contributed by atoms with van der Waals surface area (Å²) in [6.07, 6.45) is 5.38. The number of hydrogen-bond donors (Lipinski definition) is 1. The third kappa shape index (κ3) is 4.42. The molecule has 0 radical (unpaired) electrons. The molecule has 1 aromatic carbocycles. The van der Waals surface area contributed by atoms with Crippen LogP contribution in [0.4, 0.5) is 0 Å². The molecular weight excluding hydrogens is 300 g/mol. The second-order valence-corrected chi connectivity index (χ2v) is 7.38. The van der Waals surface area contributed by atoms with Crippen LogP contribution in [0.25, 0.3) is 0 Å². The fourth-order valence-corrected chi connectivity index (χ4v) is 3.85. The zero-order valence-corrected chi connectivity index (χ0v) is 15.4. The molecule has 1 heterocycles. The third-order valence-electron chi connectivity index (χ3n) is 5.70. The lowest BCUT2D eigenvalue weighted by Crippen LogP contribution is -2.41. The molecule has 1 N–H and O–H groups in total. The summed E-state index contributed by atoms with van der Waals surface area (Å²) in [6.45, 7) is 6.92. The van der Waals surface area contributed by atoms with Crippen LogP contribution in [0.2, 0.25) is 0 Å². The predicted octanol–water partition coefficient (Wildman–Crippen LogP) is 3.30. The van der Waals surface area contributed by atoms with Crippen molar-refractivity contribution in [2.24, 2.45) is 11.8 Å². The molecule has 2 aliphatic rings. The minimum Gasteiger partial charge on any atom is -0.497 e. The standard InChI is InChI=1S/C20H32N2O2/c1-15(17-4-5-17)22(13-16-8-10-21-11-9-16)14-18-6-7-19(23-2)12-20(18)24-3/h6-7,12,15-17,21H,4-5,8-11,13-14H2,1-3H3. The summed E-state index contributed by atoms with van der Waals surface area (Å²) in [5, 5.41) is 3.48. The highest BCUT2D eigenvalue weighted by Gasteiger charge is 2.33. The van der Waals surface area contributed by atoms with E-state index in [4.69, 9.17) is 9.47 Å². The average molecular weight is 332 g/mol.